The topological polar surface area (TPSA) is 52.0 Å². The largest absolute Gasteiger partial charge is 0.489 e. The fourth-order valence-electron chi connectivity index (χ4n) is 4.00. The third-order valence-corrected chi connectivity index (χ3v) is 5.60. The molecule has 0 saturated carbocycles. The Labute approximate surface area is 169 Å². The van der Waals surface area contributed by atoms with Crippen molar-refractivity contribution in [1.29, 1.82) is 0 Å². The molecule has 28 heavy (non-hydrogen) atoms. The molecule has 1 atom stereocenters. The van der Waals surface area contributed by atoms with Gasteiger partial charge in [-0.05, 0) is 61.2 Å². The van der Waals surface area contributed by atoms with Crippen LogP contribution in [0.25, 0.3) is 11.9 Å². The first-order chi connectivity index (χ1) is 13.8. The summed E-state index contributed by atoms with van der Waals surface area (Å²) < 4.78 is 7.85. The summed E-state index contributed by atoms with van der Waals surface area (Å²) in [5.41, 5.74) is 4.80. The van der Waals surface area contributed by atoms with Crippen LogP contribution in [0.4, 0.5) is 0 Å². The minimum absolute atomic E-state index is 0.294. The maximum atomic E-state index is 6.12. The summed E-state index contributed by atoms with van der Waals surface area (Å²) >= 11 is 6.12. The molecule has 1 aliphatic heterocycles. The second-order valence-electron chi connectivity index (χ2n) is 7.25. The second kappa shape index (κ2) is 7.41. The Bertz CT molecular complexity index is 1030. The number of nitrogens with one attached hydrogen (secondary N) is 1. The molecule has 0 amide bonds. The number of nitrogens with zero attached hydrogens (tertiary/aromatic N) is 3. The van der Waals surface area contributed by atoms with Crippen molar-refractivity contribution in [2.75, 3.05) is 13.2 Å². The number of hydrogen-bond acceptors (Lipinski definition) is 4. The van der Waals surface area contributed by atoms with Gasteiger partial charge in [0.2, 0.25) is 0 Å². The number of hydrogen-bond donors (Lipinski definition) is 1. The maximum Gasteiger partial charge on any atom is 0.153 e. The van der Waals surface area contributed by atoms with Crippen molar-refractivity contribution >= 4 is 17.7 Å². The number of pyridine rings is 1. The van der Waals surface area contributed by atoms with Gasteiger partial charge in [-0.25, -0.2) is 9.67 Å². The molecule has 6 heteroatoms. The fraction of sp³-hybridized carbons (Fsp3) is 0.273. The minimum Gasteiger partial charge on any atom is -0.489 e. The first-order valence-electron chi connectivity index (χ1n) is 9.61. The molecule has 142 valence electrons. The lowest BCUT2D eigenvalue weighted by molar-refractivity contribution is 0.339. The summed E-state index contributed by atoms with van der Waals surface area (Å²) in [6, 6.07) is 12.0. The molecule has 5 nitrogen and oxygen atoms in total. The summed E-state index contributed by atoms with van der Waals surface area (Å²) in [6.45, 7) is 1.39. The Hall–Kier alpha value is -2.63. The predicted octanol–water partition coefficient (Wildman–Crippen LogP) is 4.36. The Balaban J connectivity index is 1.34. The van der Waals surface area contributed by atoms with Crippen LogP contribution in [-0.2, 0) is 6.42 Å². The van der Waals surface area contributed by atoms with Gasteiger partial charge in [0.1, 0.15) is 12.4 Å². The highest BCUT2D eigenvalue weighted by Crippen LogP contribution is 2.32. The highest BCUT2D eigenvalue weighted by Gasteiger charge is 2.25. The number of halogens is 1. The van der Waals surface area contributed by atoms with Gasteiger partial charge in [-0.15, -0.1) is 0 Å². The predicted molar refractivity (Wildman–Crippen MR) is 110 cm³/mol. The SMILES string of the molecule is Clc1ccc2c(c1)C=C(CN[C@@H]1CCCc3c1cnn3-c1ccccn1)CO2. The first kappa shape index (κ1) is 17.5. The van der Waals surface area contributed by atoms with Gasteiger partial charge >= 0.3 is 0 Å². The molecule has 0 unspecified atom stereocenters. The highest BCUT2D eigenvalue weighted by molar-refractivity contribution is 6.30. The number of rotatable bonds is 4. The van der Waals surface area contributed by atoms with Gasteiger partial charge in [0.25, 0.3) is 0 Å². The summed E-state index contributed by atoms with van der Waals surface area (Å²) in [5.74, 6) is 1.77. The van der Waals surface area contributed by atoms with Gasteiger partial charge in [-0.1, -0.05) is 17.7 Å². The van der Waals surface area contributed by atoms with Crippen LogP contribution in [0.5, 0.6) is 5.75 Å². The Morgan fingerprint density at radius 2 is 2.21 bits per heavy atom. The first-order valence-corrected chi connectivity index (χ1v) is 9.99. The van der Waals surface area contributed by atoms with E-state index in [0.29, 0.717) is 12.6 Å². The van der Waals surface area contributed by atoms with E-state index in [1.807, 2.05) is 53.5 Å². The standard InChI is InChI=1S/C22H21ClN4O/c23-17-7-8-21-16(11-17)10-15(14-28-21)12-25-19-4-3-5-20-18(19)13-26-27(20)22-6-1-2-9-24-22/h1-2,6-11,13,19,25H,3-5,12,14H2/t19-/m1/s1. The maximum absolute atomic E-state index is 6.12. The van der Waals surface area contributed by atoms with Gasteiger partial charge in [0, 0.05) is 34.9 Å². The van der Waals surface area contributed by atoms with Crippen molar-refractivity contribution in [2.45, 2.75) is 25.3 Å². The van der Waals surface area contributed by atoms with Crippen LogP contribution in [0, 0.1) is 0 Å². The van der Waals surface area contributed by atoms with E-state index in [4.69, 9.17) is 16.3 Å². The van der Waals surface area contributed by atoms with Crippen molar-refractivity contribution in [3.05, 3.63) is 76.2 Å². The van der Waals surface area contributed by atoms with E-state index in [-0.39, 0.29) is 0 Å². The lowest BCUT2D eigenvalue weighted by Crippen LogP contribution is -2.28. The van der Waals surface area contributed by atoms with Crippen LogP contribution in [-0.4, -0.2) is 27.9 Å². The lowest BCUT2D eigenvalue weighted by atomic mass is 9.92. The van der Waals surface area contributed by atoms with Gasteiger partial charge in [-0.2, -0.15) is 5.10 Å². The van der Waals surface area contributed by atoms with E-state index < -0.39 is 0 Å². The van der Waals surface area contributed by atoms with Crippen molar-refractivity contribution in [3.63, 3.8) is 0 Å². The summed E-state index contributed by atoms with van der Waals surface area (Å²) in [4.78, 5) is 4.45. The fourth-order valence-corrected chi connectivity index (χ4v) is 4.18. The molecular weight excluding hydrogens is 372 g/mol. The molecule has 2 aromatic heterocycles. The molecule has 0 fully saturated rings. The summed E-state index contributed by atoms with van der Waals surface area (Å²) in [7, 11) is 0. The van der Waals surface area contributed by atoms with Crippen LogP contribution in [0.15, 0.2) is 54.4 Å². The second-order valence-corrected chi connectivity index (χ2v) is 7.68. The van der Waals surface area contributed by atoms with Crippen molar-refractivity contribution in [3.8, 4) is 11.6 Å². The van der Waals surface area contributed by atoms with Gasteiger partial charge < -0.3 is 10.1 Å². The Morgan fingerprint density at radius 1 is 1.25 bits per heavy atom. The van der Waals surface area contributed by atoms with Crippen LogP contribution in [0.2, 0.25) is 5.02 Å². The molecule has 1 aliphatic carbocycles. The normalized spacial score (nSPS) is 18.0. The Morgan fingerprint density at radius 3 is 3.11 bits per heavy atom. The van der Waals surface area contributed by atoms with E-state index >= 15 is 0 Å². The van der Waals surface area contributed by atoms with E-state index in [9.17, 15) is 0 Å². The van der Waals surface area contributed by atoms with Gasteiger partial charge in [0.05, 0.1) is 11.9 Å². The molecule has 2 aliphatic rings. The average Bonchev–Trinajstić information content (AvgIpc) is 3.17. The van der Waals surface area contributed by atoms with E-state index in [0.717, 1.165) is 48.0 Å². The van der Waals surface area contributed by atoms with E-state index in [1.54, 1.807) is 0 Å². The molecule has 0 bridgehead atoms. The highest BCUT2D eigenvalue weighted by atomic mass is 35.5. The van der Waals surface area contributed by atoms with Gasteiger partial charge in [0.15, 0.2) is 5.82 Å². The van der Waals surface area contributed by atoms with Crippen LogP contribution in [0.3, 0.4) is 0 Å². The monoisotopic (exact) mass is 392 g/mol. The summed E-state index contributed by atoms with van der Waals surface area (Å²) in [5, 5.41) is 9.04. The van der Waals surface area contributed by atoms with Crippen LogP contribution >= 0.6 is 11.6 Å². The number of aromatic nitrogens is 3. The number of fused-ring (bicyclic) bond motifs is 2. The average molecular weight is 393 g/mol. The molecule has 5 rings (SSSR count). The minimum atomic E-state index is 0.294. The number of ether oxygens (including phenoxy) is 1. The molecule has 1 N–H and O–H groups in total. The molecule has 0 radical (unpaired) electrons. The summed E-state index contributed by atoms with van der Waals surface area (Å²) in [6.07, 6.45) is 9.25. The molecule has 1 aromatic carbocycles. The molecule has 3 heterocycles. The van der Waals surface area contributed by atoms with Crippen LogP contribution < -0.4 is 10.1 Å². The third kappa shape index (κ3) is 3.32. The zero-order valence-corrected chi connectivity index (χ0v) is 16.2. The quantitative estimate of drug-likeness (QED) is 0.716. The number of benzene rings is 1. The van der Waals surface area contributed by atoms with E-state index in [1.165, 1.54) is 16.8 Å². The molecule has 3 aromatic rings. The smallest absolute Gasteiger partial charge is 0.153 e. The van der Waals surface area contributed by atoms with E-state index in [2.05, 4.69) is 21.5 Å². The van der Waals surface area contributed by atoms with Crippen molar-refractivity contribution < 1.29 is 4.74 Å². The van der Waals surface area contributed by atoms with Crippen LogP contribution in [0.1, 0.15) is 35.7 Å². The molecule has 0 spiro atoms. The third-order valence-electron chi connectivity index (χ3n) is 5.37. The van der Waals surface area contributed by atoms with Crippen molar-refractivity contribution in [1.82, 2.24) is 20.1 Å². The van der Waals surface area contributed by atoms with Gasteiger partial charge in [-0.3, -0.25) is 0 Å². The lowest BCUT2D eigenvalue weighted by Gasteiger charge is -2.26. The zero-order valence-electron chi connectivity index (χ0n) is 15.4. The van der Waals surface area contributed by atoms with Crippen molar-refractivity contribution in [2.24, 2.45) is 0 Å². The molecule has 0 saturated heterocycles. The Kier molecular flexibility index (Phi) is 4.63. The zero-order chi connectivity index (χ0) is 18.9. The molecular formula is C22H21ClN4O.